The van der Waals surface area contributed by atoms with Crippen molar-refractivity contribution in [3.05, 3.63) is 83.7 Å². The molecule has 0 aliphatic carbocycles. The summed E-state index contributed by atoms with van der Waals surface area (Å²) in [5, 5.41) is 15.0. The number of nitrogens with zero attached hydrogens (tertiary/aromatic N) is 2. The lowest BCUT2D eigenvalue weighted by Gasteiger charge is -2.10. The SMILES string of the molecule is CC(C)c1ccc(NC(=O)c2cncc(Nc3cccc(C#N)c3)c2)cc1. The van der Waals surface area contributed by atoms with Crippen LogP contribution in [0.5, 0.6) is 0 Å². The third-order valence-corrected chi connectivity index (χ3v) is 4.12. The van der Waals surface area contributed by atoms with E-state index in [2.05, 4.69) is 35.5 Å². The Kier molecular flexibility index (Phi) is 5.48. The van der Waals surface area contributed by atoms with Crippen LogP contribution in [0.2, 0.25) is 0 Å². The Balaban J connectivity index is 1.72. The number of benzene rings is 2. The van der Waals surface area contributed by atoms with Crippen LogP contribution in [0.3, 0.4) is 0 Å². The molecule has 0 unspecified atom stereocenters. The van der Waals surface area contributed by atoms with Gasteiger partial charge in [0, 0.05) is 17.6 Å². The summed E-state index contributed by atoms with van der Waals surface area (Å²) in [6.45, 7) is 4.26. The first-order valence-corrected chi connectivity index (χ1v) is 8.68. The highest BCUT2D eigenvalue weighted by Gasteiger charge is 2.08. The first kappa shape index (κ1) is 18.2. The van der Waals surface area contributed by atoms with Crippen LogP contribution in [0.1, 0.15) is 41.3 Å². The monoisotopic (exact) mass is 356 g/mol. The number of aromatic nitrogens is 1. The number of rotatable bonds is 5. The quantitative estimate of drug-likeness (QED) is 0.669. The summed E-state index contributed by atoms with van der Waals surface area (Å²) in [5.74, 6) is 0.218. The van der Waals surface area contributed by atoms with E-state index < -0.39 is 0 Å². The Bertz CT molecular complexity index is 988. The zero-order valence-corrected chi connectivity index (χ0v) is 15.2. The van der Waals surface area contributed by atoms with Crippen LogP contribution in [0.25, 0.3) is 0 Å². The predicted octanol–water partition coefficient (Wildman–Crippen LogP) is 5.07. The molecule has 0 bridgehead atoms. The van der Waals surface area contributed by atoms with Crippen LogP contribution in [-0.4, -0.2) is 10.9 Å². The molecule has 0 fully saturated rings. The number of hydrogen-bond acceptors (Lipinski definition) is 4. The summed E-state index contributed by atoms with van der Waals surface area (Å²) in [6, 6.07) is 18.8. The summed E-state index contributed by atoms with van der Waals surface area (Å²) in [4.78, 5) is 16.7. The summed E-state index contributed by atoms with van der Waals surface area (Å²) in [7, 11) is 0. The molecule has 0 aliphatic heterocycles. The maximum atomic E-state index is 12.5. The number of pyridine rings is 1. The lowest BCUT2D eigenvalue weighted by molar-refractivity contribution is 0.102. The smallest absolute Gasteiger partial charge is 0.257 e. The van der Waals surface area contributed by atoms with Crippen molar-refractivity contribution in [2.75, 3.05) is 10.6 Å². The molecule has 5 nitrogen and oxygen atoms in total. The van der Waals surface area contributed by atoms with Crippen molar-refractivity contribution in [2.24, 2.45) is 0 Å². The minimum absolute atomic E-state index is 0.228. The standard InChI is InChI=1S/C22H20N4O/c1-15(2)17-6-8-19(9-7-17)26-22(27)18-11-21(14-24-13-18)25-20-5-3-4-16(10-20)12-23/h3-11,13-15,25H,1-2H3,(H,26,27). The fraction of sp³-hybridized carbons (Fsp3) is 0.136. The molecule has 0 saturated heterocycles. The molecule has 0 saturated carbocycles. The average molecular weight is 356 g/mol. The fourth-order valence-electron chi connectivity index (χ4n) is 2.62. The number of nitrogens with one attached hydrogen (secondary N) is 2. The summed E-state index contributed by atoms with van der Waals surface area (Å²) >= 11 is 0. The lowest BCUT2D eigenvalue weighted by atomic mass is 10.0. The van der Waals surface area contributed by atoms with Crippen molar-refractivity contribution < 1.29 is 4.79 Å². The highest BCUT2D eigenvalue weighted by Crippen LogP contribution is 2.20. The maximum Gasteiger partial charge on any atom is 0.257 e. The van der Waals surface area contributed by atoms with Crippen molar-refractivity contribution in [2.45, 2.75) is 19.8 Å². The van der Waals surface area contributed by atoms with E-state index in [0.717, 1.165) is 11.4 Å². The fourth-order valence-corrected chi connectivity index (χ4v) is 2.62. The van der Waals surface area contributed by atoms with Gasteiger partial charge in [0.25, 0.3) is 5.91 Å². The van der Waals surface area contributed by atoms with Crippen molar-refractivity contribution >= 4 is 23.0 Å². The summed E-state index contributed by atoms with van der Waals surface area (Å²) in [5.41, 5.74) is 4.41. The first-order valence-electron chi connectivity index (χ1n) is 8.68. The normalized spacial score (nSPS) is 10.3. The molecule has 5 heteroatoms. The second-order valence-corrected chi connectivity index (χ2v) is 6.51. The van der Waals surface area contributed by atoms with E-state index in [0.29, 0.717) is 22.7 Å². The molecule has 2 aromatic carbocycles. The Morgan fingerprint density at radius 3 is 2.48 bits per heavy atom. The van der Waals surface area contributed by atoms with Gasteiger partial charge in [-0.15, -0.1) is 0 Å². The van der Waals surface area contributed by atoms with Gasteiger partial charge in [-0.25, -0.2) is 0 Å². The zero-order chi connectivity index (χ0) is 19.2. The van der Waals surface area contributed by atoms with Crippen LogP contribution in [-0.2, 0) is 0 Å². The van der Waals surface area contributed by atoms with E-state index in [1.54, 1.807) is 30.5 Å². The minimum atomic E-state index is -0.228. The van der Waals surface area contributed by atoms with Crippen molar-refractivity contribution in [3.8, 4) is 6.07 Å². The van der Waals surface area contributed by atoms with Gasteiger partial charge < -0.3 is 10.6 Å². The van der Waals surface area contributed by atoms with Crippen LogP contribution in [0.15, 0.2) is 67.0 Å². The topological polar surface area (TPSA) is 77.8 Å². The lowest BCUT2D eigenvalue weighted by Crippen LogP contribution is -2.12. The first-order chi connectivity index (χ1) is 13.0. The van der Waals surface area contributed by atoms with Crippen LogP contribution in [0.4, 0.5) is 17.1 Å². The maximum absolute atomic E-state index is 12.5. The molecule has 3 aromatic rings. The van der Waals surface area contributed by atoms with Gasteiger partial charge in [-0.3, -0.25) is 9.78 Å². The number of carbonyl (C=O) groups excluding carboxylic acids is 1. The number of anilines is 3. The highest BCUT2D eigenvalue weighted by atomic mass is 16.1. The molecule has 1 aromatic heterocycles. The largest absolute Gasteiger partial charge is 0.354 e. The minimum Gasteiger partial charge on any atom is -0.354 e. The van der Waals surface area contributed by atoms with E-state index >= 15 is 0 Å². The van der Waals surface area contributed by atoms with E-state index in [-0.39, 0.29) is 5.91 Å². The summed E-state index contributed by atoms with van der Waals surface area (Å²) < 4.78 is 0. The number of carbonyl (C=O) groups is 1. The Hall–Kier alpha value is -3.65. The van der Waals surface area contributed by atoms with Crippen LogP contribution in [0, 0.1) is 11.3 Å². The van der Waals surface area contributed by atoms with E-state index in [1.165, 1.54) is 11.8 Å². The van der Waals surface area contributed by atoms with Crippen LogP contribution >= 0.6 is 0 Å². The second-order valence-electron chi connectivity index (χ2n) is 6.51. The van der Waals surface area contributed by atoms with Gasteiger partial charge in [0.1, 0.15) is 0 Å². The molecule has 0 atom stereocenters. The highest BCUT2D eigenvalue weighted by molar-refractivity contribution is 6.04. The van der Waals surface area contributed by atoms with E-state index in [1.807, 2.05) is 30.3 Å². The van der Waals surface area contributed by atoms with Crippen molar-refractivity contribution in [1.29, 1.82) is 5.26 Å². The van der Waals surface area contributed by atoms with Gasteiger partial charge in [-0.1, -0.05) is 32.0 Å². The zero-order valence-electron chi connectivity index (χ0n) is 15.2. The molecule has 27 heavy (non-hydrogen) atoms. The average Bonchev–Trinajstić information content (AvgIpc) is 2.68. The molecular weight excluding hydrogens is 336 g/mol. The molecule has 1 amide bonds. The molecule has 134 valence electrons. The van der Waals surface area contributed by atoms with Gasteiger partial charge in [0.05, 0.1) is 29.1 Å². The van der Waals surface area contributed by atoms with E-state index in [4.69, 9.17) is 5.26 Å². The van der Waals surface area contributed by atoms with Gasteiger partial charge in [-0.05, 0) is 47.9 Å². The predicted molar refractivity (Wildman–Crippen MR) is 107 cm³/mol. The van der Waals surface area contributed by atoms with Crippen molar-refractivity contribution in [1.82, 2.24) is 4.98 Å². The molecule has 0 spiro atoms. The molecule has 0 aliphatic rings. The number of amides is 1. The molecule has 1 heterocycles. The Morgan fingerprint density at radius 1 is 1.00 bits per heavy atom. The van der Waals surface area contributed by atoms with Crippen molar-refractivity contribution in [3.63, 3.8) is 0 Å². The van der Waals surface area contributed by atoms with Crippen LogP contribution < -0.4 is 10.6 Å². The van der Waals surface area contributed by atoms with Gasteiger partial charge in [0.15, 0.2) is 0 Å². The molecule has 3 rings (SSSR count). The Labute approximate surface area is 158 Å². The van der Waals surface area contributed by atoms with Gasteiger partial charge in [-0.2, -0.15) is 5.26 Å². The third kappa shape index (κ3) is 4.71. The number of nitriles is 1. The third-order valence-electron chi connectivity index (χ3n) is 4.12. The molecular formula is C22H20N4O. The molecule has 2 N–H and O–H groups in total. The second kappa shape index (κ2) is 8.15. The van der Waals surface area contributed by atoms with E-state index in [9.17, 15) is 4.79 Å². The van der Waals surface area contributed by atoms with Gasteiger partial charge in [0.2, 0.25) is 0 Å². The molecule has 0 radical (unpaired) electrons. The Morgan fingerprint density at radius 2 is 1.78 bits per heavy atom. The number of hydrogen-bond donors (Lipinski definition) is 2. The van der Waals surface area contributed by atoms with Gasteiger partial charge >= 0.3 is 0 Å². The summed E-state index contributed by atoms with van der Waals surface area (Å²) in [6.07, 6.45) is 3.15.